The van der Waals surface area contributed by atoms with Crippen LogP contribution in [0.5, 0.6) is 11.5 Å². The maximum atomic E-state index is 9.21. The Kier molecular flexibility index (Phi) is 4.45. The maximum absolute atomic E-state index is 9.21. The second-order valence-corrected chi connectivity index (χ2v) is 4.83. The summed E-state index contributed by atoms with van der Waals surface area (Å²) in [7, 11) is 0. The van der Waals surface area contributed by atoms with Gasteiger partial charge in [-0.3, -0.25) is 0 Å². The highest BCUT2D eigenvalue weighted by atomic mass is 16.5. The van der Waals surface area contributed by atoms with E-state index in [1.807, 2.05) is 24.3 Å². The van der Waals surface area contributed by atoms with Crippen LogP contribution in [-0.4, -0.2) is 5.11 Å². The van der Waals surface area contributed by atoms with Crippen molar-refractivity contribution in [2.24, 2.45) is 0 Å². The Morgan fingerprint density at radius 2 is 1.63 bits per heavy atom. The van der Waals surface area contributed by atoms with Crippen LogP contribution in [0.2, 0.25) is 0 Å². The zero-order chi connectivity index (χ0) is 13.7. The highest BCUT2D eigenvalue weighted by Crippen LogP contribution is 2.22. The van der Waals surface area contributed by atoms with Crippen molar-refractivity contribution in [1.29, 1.82) is 0 Å². The van der Waals surface area contributed by atoms with Gasteiger partial charge in [-0.25, -0.2) is 0 Å². The lowest BCUT2D eigenvalue weighted by atomic mass is 9.99. The molecule has 0 fully saturated rings. The van der Waals surface area contributed by atoms with Crippen molar-refractivity contribution >= 4 is 0 Å². The number of benzene rings is 2. The van der Waals surface area contributed by atoms with E-state index < -0.39 is 0 Å². The molecule has 0 radical (unpaired) electrons. The summed E-state index contributed by atoms with van der Waals surface area (Å²) in [6.07, 6.45) is 1.15. The summed E-state index contributed by atoms with van der Waals surface area (Å²) in [5, 5.41) is 9.21. The molecule has 0 heterocycles. The second-order valence-electron chi connectivity index (χ2n) is 4.83. The molecule has 0 saturated heterocycles. The fourth-order valence-electron chi connectivity index (χ4n) is 1.89. The van der Waals surface area contributed by atoms with Crippen molar-refractivity contribution < 1.29 is 9.84 Å². The van der Waals surface area contributed by atoms with E-state index in [4.69, 9.17) is 4.74 Å². The number of hydrogen-bond donors (Lipinski definition) is 1. The van der Waals surface area contributed by atoms with Crippen molar-refractivity contribution in [3.8, 4) is 11.5 Å². The van der Waals surface area contributed by atoms with Crippen LogP contribution in [0.3, 0.4) is 0 Å². The Morgan fingerprint density at radius 3 is 2.21 bits per heavy atom. The molecule has 0 saturated carbocycles. The molecule has 1 atom stereocenters. The highest BCUT2D eigenvalue weighted by molar-refractivity contribution is 5.30. The van der Waals surface area contributed by atoms with Gasteiger partial charge >= 0.3 is 0 Å². The molecule has 0 aliphatic heterocycles. The lowest BCUT2D eigenvalue weighted by Gasteiger charge is -2.11. The molecular formula is C17H20O2. The van der Waals surface area contributed by atoms with E-state index in [0.29, 0.717) is 12.5 Å². The summed E-state index contributed by atoms with van der Waals surface area (Å²) in [6, 6.07) is 15.4. The first-order valence-electron chi connectivity index (χ1n) is 6.69. The fourth-order valence-corrected chi connectivity index (χ4v) is 1.89. The third kappa shape index (κ3) is 3.75. The van der Waals surface area contributed by atoms with Crippen LogP contribution >= 0.6 is 0 Å². The number of aromatic hydroxyl groups is 1. The Bertz CT molecular complexity index is 500. The lowest BCUT2D eigenvalue weighted by molar-refractivity contribution is 0.306. The third-order valence-corrected chi connectivity index (χ3v) is 3.40. The number of ether oxygens (including phenoxy) is 1. The van der Waals surface area contributed by atoms with Gasteiger partial charge in [0.15, 0.2) is 0 Å². The predicted octanol–water partition coefficient (Wildman–Crippen LogP) is 4.48. The number of phenols is 1. The van der Waals surface area contributed by atoms with Gasteiger partial charge in [-0.15, -0.1) is 0 Å². The third-order valence-electron chi connectivity index (χ3n) is 3.40. The summed E-state index contributed by atoms with van der Waals surface area (Å²) < 4.78 is 5.72. The molecule has 2 heteroatoms. The summed E-state index contributed by atoms with van der Waals surface area (Å²) >= 11 is 0. The molecule has 100 valence electrons. The molecule has 2 nitrogen and oxygen atoms in total. The first-order valence-corrected chi connectivity index (χ1v) is 6.69. The molecule has 19 heavy (non-hydrogen) atoms. The molecule has 1 N–H and O–H groups in total. The van der Waals surface area contributed by atoms with Crippen LogP contribution in [0.4, 0.5) is 0 Å². The van der Waals surface area contributed by atoms with Crippen LogP contribution in [0, 0.1) is 0 Å². The first-order chi connectivity index (χ1) is 9.19. The smallest absolute Gasteiger partial charge is 0.119 e. The van der Waals surface area contributed by atoms with Gasteiger partial charge in [0.05, 0.1) is 0 Å². The molecule has 0 amide bonds. The normalized spacial score (nSPS) is 12.1. The van der Waals surface area contributed by atoms with Crippen molar-refractivity contribution in [2.45, 2.75) is 32.8 Å². The van der Waals surface area contributed by atoms with E-state index in [-0.39, 0.29) is 5.75 Å². The van der Waals surface area contributed by atoms with Gasteiger partial charge in [0.25, 0.3) is 0 Å². The molecule has 0 aliphatic carbocycles. The van der Waals surface area contributed by atoms with E-state index in [1.54, 1.807) is 12.1 Å². The van der Waals surface area contributed by atoms with Gasteiger partial charge in [-0.05, 0) is 47.7 Å². The van der Waals surface area contributed by atoms with Gasteiger partial charge in [-0.2, -0.15) is 0 Å². The molecule has 0 aliphatic rings. The Morgan fingerprint density at radius 1 is 1.00 bits per heavy atom. The minimum absolute atomic E-state index is 0.279. The van der Waals surface area contributed by atoms with Crippen LogP contribution in [-0.2, 0) is 6.61 Å². The average Bonchev–Trinajstić information content (AvgIpc) is 2.46. The summed E-state index contributed by atoms with van der Waals surface area (Å²) in [5.74, 6) is 1.74. The molecule has 2 rings (SSSR count). The van der Waals surface area contributed by atoms with Crippen LogP contribution in [0.15, 0.2) is 48.5 Å². The summed E-state index contributed by atoms with van der Waals surface area (Å²) in [4.78, 5) is 0. The molecular weight excluding hydrogens is 236 g/mol. The predicted molar refractivity (Wildman–Crippen MR) is 77.6 cm³/mol. The number of phenolic OH excluding ortho intramolecular Hbond substituents is 1. The number of hydrogen-bond acceptors (Lipinski definition) is 2. The largest absolute Gasteiger partial charge is 0.508 e. The van der Waals surface area contributed by atoms with Crippen molar-refractivity contribution in [2.75, 3.05) is 0 Å². The molecule has 2 aromatic rings. The molecule has 2 aromatic carbocycles. The average molecular weight is 256 g/mol. The van der Waals surface area contributed by atoms with Crippen molar-refractivity contribution in [1.82, 2.24) is 0 Å². The van der Waals surface area contributed by atoms with Gasteiger partial charge < -0.3 is 9.84 Å². The monoisotopic (exact) mass is 256 g/mol. The number of rotatable bonds is 5. The van der Waals surface area contributed by atoms with E-state index in [2.05, 4.69) is 26.0 Å². The second kappa shape index (κ2) is 6.28. The van der Waals surface area contributed by atoms with E-state index in [0.717, 1.165) is 17.7 Å². The first kappa shape index (κ1) is 13.5. The van der Waals surface area contributed by atoms with Gasteiger partial charge in [-0.1, -0.05) is 38.1 Å². The maximum Gasteiger partial charge on any atom is 0.119 e. The quantitative estimate of drug-likeness (QED) is 0.854. The van der Waals surface area contributed by atoms with Gasteiger partial charge in [0.1, 0.15) is 18.1 Å². The zero-order valence-corrected chi connectivity index (χ0v) is 11.5. The Balaban J connectivity index is 1.94. The van der Waals surface area contributed by atoms with Crippen LogP contribution in [0.1, 0.15) is 37.3 Å². The summed E-state index contributed by atoms with van der Waals surface area (Å²) in [5.41, 5.74) is 2.39. The van der Waals surface area contributed by atoms with E-state index in [1.165, 1.54) is 5.56 Å². The SMILES string of the molecule is CCC(C)c1ccc(OCc2ccc(O)cc2)cc1. The lowest BCUT2D eigenvalue weighted by Crippen LogP contribution is -1.96. The standard InChI is InChI=1S/C17H20O2/c1-3-13(2)15-6-10-17(11-7-15)19-12-14-4-8-16(18)9-5-14/h4-11,13,18H,3,12H2,1-2H3. The minimum Gasteiger partial charge on any atom is -0.508 e. The fraction of sp³-hybridized carbons (Fsp3) is 0.294. The topological polar surface area (TPSA) is 29.5 Å². The molecule has 0 bridgehead atoms. The van der Waals surface area contributed by atoms with Gasteiger partial charge in [0.2, 0.25) is 0 Å². The minimum atomic E-state index is 0.279. The molecule has 0 spiro atoms. The van der Waals surface area contributed by atoms with Crippen LogP contribution < -0.4 is 4.74 Å². The Hall–Kier alpha value is -1.96. The van der Waals surface area contributed by atoms with Crippen molar-refractivity contribution in [3.63, 3.8) is 0 Å². The molecule has 0 aromatic heterocycles. The van der Waals surface area contributed by atoms with Gasteiger partial charge in [0, 0.05) is 0 Å². The van der Waals surface area contributed by atoms with E-state index in [9.17, 15) is 5.11 Å². The molecule has 1 unspecified atom stereocenters. The van der Waals surface area contributed by atoms with Crippen molar-refractivity contribution in [3.05, 3.63) is 59.7 Å². The summed E-state index contributed by atoms with van der Waals surface area (Å²) in [6.45, 7) is 4.94. The highest BCUT2D eigenvalue weighted by Gasteiger charge is 2.03. The Labute approximate surface area is 114 Å². The van der Waals surface area contributed by atoms with Crippen LogP contribution in [0.25, 0.3) is 0 Å². The zero-order valence-electron chi connectivity index (χ0n) is 11.5. The van der Waals surface area contributed by atoms with E-state index >= 15 is 0 Å².